The van der Waals surface area contributed by atoms with E-state index in [0.717, 1.165) is 19.3 Å². The van der Waals surface area contributed by atoms with E-state index in [-0.39, 0.29) is 0 Å². The molecule has 0 bridgehead atoms. The van der Waals surface area contributed by atoms with Crippen LogP contribution in [0.15, 0.2) is 0 Å². The number of hydrogen-bond donors (Lipinski definition) is 0. The smallest absolute Gasteiger partial charge is 0.297 e. The molecule has 98 valence electrons. The van der Waals surface area contributed by atoms with Crippen LogP contribution in [0.1, 0.15) is 58.8 Å². The van der Waals surface area contributed by atoms with Crippen LogP contribution >= 0.6 is 18.2 Å². The molecule has 0 fully saturated rings. The highest BCUT2D eigenvalue weighted by atomic mass is 35.7. The van der Waals surface area contributed by atoms with Crippen molar-refractivity contribution in [3.05, 3.63) is 0 Å². The Bertz CT molecular complexity index is 200. The molecule has 16 heavy (non-hydrogen) atoms. The summed E-state index contributed by atoms with van der Waals surface area (Å²) in [6, 6.07) is 0. The van der Waals surface area contributed by atoms with Gasteiger partial charge >= 0.3 is 6.95 Å². The van der Waals surface area contributed by atoms with Gasteiger partial charge in [-0.2, -0.15) is 0 Å². The first kappa shape index (κ1) is 16.4. The Morgan fingerprint density at radius 1 is 0.875 bits per heavy atom. The average molecular weight is 271 g/mol. The zero-order valence-electron chi connectivity index (χ0n) is 10.4. The summed E-state index contributed by atoms with van der Waals surface area (Å²) in [5, 5.41) is 0. The number of halogens is 1. The molecule has 0 aromatic carbocycles. The minimum Gasteiger partial charge on any atom is -0.297 e. The van der Waals surface area contributed by atoms with Gasteiger partial charge in [-0.3, -0.25) is 9.05 Å². The zero-order chi connectivity index (χ0) is 12.3. The maximum absolute atomic E-state index is 11.4. The predicted molar refractivity (Wildman–Crippen MR) is 69.0 cm³/mol. The van der Waals surface area contributed by atoms with E-state index in [1.165, 1.54) is 25.7 Å². The minimum atomic E-state index is -3.30. The fraction of sp³-hybridized carbons (Fsp3) is 1.00. The summed E-state index contributed by atoms with van der Waals surface area (Å²) >= 11 is 5.59. The molecule has 5 heteroatoms. The lowest BCUT2D eigenvalue weighted by atomic mass is 10.1. The van der Waals surface area contributed by atoms with Crippen molar-refractivity contribution in [3.8, 4) is 0 Å². The standard InChI is InChI=1S/C11H24ClO3P/c1-3-5-6-7-8-9-11-15-16(12,13)14-10-4-2/h3-11H2,1-2H3. The normalized spacial score (nSPS) is 14.9. The number of rotatable bonds is 11. The van der Waals surface area contributed by atoms with E-state index >= 15 is 0 Å². The second-order valence-electron chi connectivity index (χ2n) is 3.86. The van der Waals surface area contributed by atoms with Crippen molar-refractivity contribution in [2.75, 3.05) is 13.2 Å². The molecule has 0 saturated carbocycles. The van der Waals surface area contributed by atoms with E-state index in [0.29, 0.717) is 13.2 Å². The summed E-state index contributed by atoms with van der Waals surface area (Å²) in [7, 11) is 0. The largest absolute Gasteiger partial charge is 0.424 e. The molecule has 0 heterocycles. The van der Waals surface area contributed by atoms with Gasteiger partial charge in [-0.05, 0) is 12.8 Å². The van der Waals surface area contributed by atoms with E-state index < -0.39 is 6.95 Å². The van der Waals surface area contributed by atoms with Crippen LogP contribution in [0.3, 0.4) is 0 Å². The van der Waals surface area contributed by atoms with Crippen LogP contribution in [-0.4, -0.2) is 13.2 Å². The molecule has 0 radical (unpaired) electrons. The van der Waals surface area contributed by atoms with Gasteiger partial charge in [-0.25, -0.2) is 4.57 Å². The summed E-state index contributed by atoms with van der Waals surface area (Å²) in [4.78, 5) is 0. The van der Waals surface area contributed by atoms with Crippen LogP contribution in [-0.2, 0) is 13.6 Å². The molecule has 0 saturated heterocycles. The van der Waals surface area contributed by atoms with Gasteiger partial charge in [0.1, 0.15) is 0 Å². The Kier molecular flexibility index (Phi) is 10.9. The number of hydrogen-bond acceptors (Lipinski definition) is 3. The van der Waals surface area contributed by atoms with Crippen molar-refractivity contribution in [2.24, 2.45) is 0 Å². The van der Waals surface area contributed by atoms with Crippen molar-refractivity contribution in [1.82, 2.24) is 0 Å². The van der Waals surface area contributed by atoms with Crippen molar-refractivity contribution < 1.29 is 13.6 Å². The number of unbranched alkanes of at least 4 members (excludes halogenated alkanes) is 5. The van der Waals surface area contributed by atoms with E-state index in [2.05, 4.69) is 6.92 Å². The SMILES string of the molecule is CCCCCCCCOP(=O)(Cl)OCCC. The molecule has 3 nitrogen and oxygen atoms in total. The first-order chi connectivity index (χ1) is 7.62. The van der Waals surface area contributed by atoms with E-state index in [9.17, 15) is 4.57 Å². The molecule has 0 aliphatic rings. The molecule has 1 atom stereocenters. The fourth-order valence-electron chi connectivity index (χ4n) is 1.29. The average Bonchev–Trinajstić information content (AvgIpc) is 2.25. The predicted octanol–water partition coefficient (Wildman–Crippen LogP) is 5.14. The molecule has 0 rings (SSSR count). The van der Waals surface area contributed by atoms with Crippen molar-refractivity contribution >= 4 is 18.2 Å². The van der Waals surface area contributed by atoms with Crippen LogP contribution < -0.4 is 0 Å². The quantitative estimate of drug-likeness (QED) is 0.385. The highest BCUT2D eigenvalue weighted by Gasteiger charge is 2.19. The molecule has 0 spiro atoms. The van der Waals surface area contributed by atoms with E-state index in [4.69, 9.17) is 20.3 Å². The van der Waals surface area contributed by atoms with Gasteiger partial charge < -0.3 is 0 Å². The lowest BCUT2D eigenvalue weighted by Gasteiger charge is -2.10. The Morgan fingerprint density at radius 3 is 2.06 bits per heavy atom. The fourth-order valence-corrected chi connectivity index (χ4v) is 2.53. The summed E-state index contributed by atoms with van der Waals surface area (Å²) in [6.45, 7) is 1.64. The summed E-state index contributed by atoms with van der Waals surface area (Å²) in [5.41, 5.74) is 0. The summed E-state index contributed by atoms with van der Waals surface area (Å²) in [6.07, 6.45) is 7.80. The van der Waals surface area contributed by atoms with Gasteiger partial charge in [0.2, 0.25) is 0 Å². The van der Waals surface area contributed by atoms with Crippen molar-refractivity contribution in [2.45, 2.75) is 58.8 Å². The first-order valence-corrected chi connectivity index (χ1v) is 8.66. The molecule has 0 aromatic heterocycles. The van der Waals surface area contributed by atoms with E-state index in [1.807, 2.05) is 6.92 Å². The summed E-state index contributed by atoms with van der Waals surface area (Å²) in [5.74, 6) is 0. The van der Waals surface area contributed by atoms with Gasteiger partial charge in [0.15, 0.2) is 0 Å². The summed E-state index contributed by atoms with van der Waals surface area (Å²) < 4.78 is 21.4. The van der Waals surface area contributed by atoms with Crippen molar-refractivity contribution in [3.63, 3.8) is 0 Å². The third kappa shape index (κ3) is 10.9. The highest BCUT2D eigenvalue weighted by molar-refractivity contribution is 7.81. The van der Waals surface area contributed by atoms with Crippen molar-refractivity contribution in [1.29, 1.82) is 0 Å². The van der Waals surface area contributed by atoms with Gasteiger partial charge in [-0.15, -0.1) is 0 Å². The molecule has 0 N–H and O–H groups in total. The maximum Gasteiger partial charge on any atom is 0.424 e. The van der Waals surface area contributed by atoms with Crippen LogP contribution in [0.2, 0.25) is 0 Å². The Morgan fingerprint density at radius 2 is 1.44 bits per heavy atom. The monoisotopic (exact) mass is 270 g/mol. The third-order valence-corrected chi connectivity index (χ3v) is 3.76. The van der Waals surface area contributed by atoms with Crippen LogP contribution in [0.4, 0.5) is 0 Å². The molecule has 0 aliphatic carbocycles. The van der Waals surface area contributed by atoms with Gasteiger partial charge in [0.25, 0.3) is 0 Å². The lowest BCUT2D eigenvalue weighted by molar-refractivity contribution is 0.215. The van der Waals surface area contributed by atoms with Crippen LogP contribution in [0.5, 0.6) is 0 Å². The molecule has 0 aromatic rings. The lowest BCUT2D eigenvalue weighted by Crippen LogP contribution is -1.94. The molecule has 0 aliphatic heterocycles. The van der Waals surface area contributed by atoms with Crippen LogP contribution in [0.25, 0.3) is 0 Å². The van der Waals surface area contributed by atoms with Gasteiger partial charge in [-0.1, -0.05) is 46.0 Å². The molecular formula is C11H24ClO3P. The highest BCUT2D eigenvalue weighted by Crippen LogP contribution is 2.53. The molecule has 1 unspecified atom stereocenters. The molecular weight excluding hydrogens is 247 g/mol. The van der Waals surface area contributed by atoms with Gasteiger partial charge in [0, 0.05) is 11.2 Å². The van der Waals surface area contributed by atoms with E-state index in [1.54, 1.807) is 0 Å². The Hall–Kier alpha value is 0.440. The first-order valence-electron chi connectivity index (χ1n) is 6.21. The Balaban J connectivity index is 3.32. The third-order valence-electron chi connectivity index (χ3n) is 2.19. The second kappa shape index (κ2) is 10.6. The zero-order valence-corrected chi connectivity index (χ0v) is 12.1. The van der Waals surface area contributed by atoms with Crippen LogP contribution in [0, 0.1) is 0 Å². The second-order valence-corrected chi connectivity index (χ2v) is 6.48. The minimum absolute atomic E-state index is 0.386. The van der Waals surface area contributed by atoms with Gasteiger partial charge in [0.05, 0.1) is 13.2 Å². The topological polar surface area (TPSA) is 35.5 Å². The maximum atomic E-state index is 11.4. The Labute approximate surface area is 104 Å². The molecule has 0 amide bonds.